The van der Waals surface area contributed by atoms with Crippen LogP contribution in [0.15, 0.2) is 36.7 Å². The van der Waals surface area contributed by atoms with Crippen LogP contribution in [0.25, 0.3) is 33.2 Å². The van der Waals surface area contributed by atoms with Gasteiger partial charge in [-0.1, -0.05) is 19.1 Å². The molecule has 0 spiro atoms. The molecule has 4 rings (SSSR count). The first kappa shape index (κ1) is 12.9. The number of aromatic nitrogens is 4. The number of ether oxygens (including phenoxy) is 1. The van der Waals surface area contributed by atoms with Crippen LogP contribution in [0.2, 0.25) is 0 Å². The van der Waals surface area contributed by atoms with Gasteiger partial charge in [-0.3, -0.25) is 5.10 Å². The third-order valence-electron chi connectivity index (χ3n) is 4.05. The molecule has 0 amide bonds. The normalized spacial score (nSPS) is 11.4. The second-order valence-corrected chi connectivity index (χ2v) is 5.24. The summed E-state index contributed by atoms with van der Waals surface area (Å²) in [6, 6.07) is 8.08. The molecule has 0 radical (unpaired) electrons. The van der Waals surface area contributed by atoms with E-state index in [-0.39, 0.29) is 0 Å². The molecule has 3 aromatic heterocycles. The molecule has 0 unspecified atom stereocenters. The van der Waals surface area contributed by atoms with E-state index in [0.717, 1.165) is 45.4 Å². The molecule has 0 aliphatic rings. The summed E-state index contributed by atoms with van der Waals surface area (Å²) in [7, 11) is 1.66. The zero-order valence-corrected chi connectivity index (χ0v) is 12.5. The molecule has 5 nitrogen and oxygen atoms in total. The molecule has 0 atom stereocenters. The molecule has 22 heavy (non-hydrogen) atoms. The number of methoxy groups -OCH3 is 1. The van der Waals surface area contributed by atoms with Crippen LogP contribution in [0.4, 0.5) is 0 Å². The van der Waals surface area contributed by atoms with Crippen molar-refractivity contribution in [1.29, 1.82) is 0 Å². The maximum Gasteiger partial charge on any atom is 0.144 e. The van der Waals surface area contributed by atoms with Gasteiger partial charge in [0.25, 0.3) is 0 Å². The first-order chi connectivity index (χ1) is 10.8. The Morgan fingerprint density at radius 1 is 1.23 bits per heavy atom. The molecule has 1 aromatic carbocycles. The topological polar surface area (TPSA) is 66.6 Å². The molecule has 0 fully saturated rings. The number of hydrogen-bond donors (Lipinski definition) is 2. The summed E-state index contributed by atoms with van der Waals surface area (Å²) in [6.07, 6.45) is 4.85. The highest BCUT2D eigenvalue weighted by atomic mass is 16.5. The predicted molar refractivity (Wildman–Crippen MR) is 87.1 cm³/mol. The van der Waals surface area contributed by atoms with Gasteiger partial charge in [0, 0.05) is 28.7 Å². The van der Waals surface area contributed by atoms with Crippen molar-refractivity contribution in [3.8, 4) is 17.0 Å². The predicted octanol–water partition coefficient (Wildman–Crippen LogP) is 3.68. The maximum absolute atomic E-state index is 5.38. The number of fused-ring (bicyclic) bond motifs is 2. The lowest BCUT2D eigenvalue weighted by Gasteiger charge is -2.02. The molecular formula is C17H16N4O. The van der Waals surface area contributed by atoms with Crippen molar-refractivity contribution in [1.82, 2.24) is 20.2 Å². The van der Waals surface area contributed by atoms with Gasteiger partial charge in [0.2, 0.25) is 0 Å². The molecule has 0 saturated heterocycles. The van der Waals surface area contributed by atoms with Crippen molar-refractivity contribution in [2.75, 3.05) is 7.11 Å². The second-order valence-electron chi connectivity index (χ2n) is 5.24. The summed E-state index contributed by atoms with van der Waals surface area (Å²) in [5.74, 6) is 0.793. The van der Waals surface area contributed by atoms with Crippen LogP contribution in [-0.4, -0.2) is 27.3 Å². The number of rotatable bonds is 3. The van der Waals surface area contributed by atoms with E-state index in [1.807, 2.05) is 30.6 Å². The maximum atomic E-state index is 5.38. The number of H-pyrrole nitrogens is 2. The van der Waals surface area contributed by atoms with Crippen LogP contribution in [-0.2, 0) is 6.42 Å². The molecule has 110 valence electrons. The Balaban J connectivity index is 1.95. The van der Waals surface area contributed by atoms with Gasteiger partial charge in [-0.15, -0.1) is 0 Å². The van der Waals surface area contributed by atoms with Gasteiger partial charge in [-0.2, -0.15) is 5.10 Å². The van der Waals surface area contributed by atoms with Gasteiger partial charge in [0.15, 0.2) is 0 Å². The Hall–Kier alpha value is -2.82. The Bertz CT molecular complexity index is 967. The first-order valence-corrected chi connectivity index (χ1v) is 7.29. The van der Waals surface area contributed by atoms with Crippen LogP contribution < -0.4 is 4.74 Å². The number of hydrogen-bond acceptors (Lipinski definition) is 3. The number of aromatic amines is 2. The monoisotopic (exact) mass is 292 g/mol. The summed E-state index contributed by atoms with van der Waals surface area (Å²) in [5, 5.41) is 9.72. The highest BCUT2D eigenvalue weighted by Crippen LogP contribution is 2.32. The third kappa shape index (κ3) is 1.79. The Morgan fingerprint density at radius 2 is 2.14 bits per heavy atom. The van der Waals surface area contributed by atoms with Gasteiger partial charge in [0.05, 0.1) is 7.11 Å². The number of benzene rings is 1. The van der Waals surface area contributed by atoms with Crippen LogP contribution in [0.3, 0.4) is 0 Å². The minimum atomic E-state index is 0.793. The van der Waals surface area contributed by atoms with Crippen molar-refractivity contribution in [3.63, 3.8) is 0 Å². The summed E-state index contributed by atoms with van der Waals surface area (Å²) in [6.45, 7) is 2.14. The van der Waals surface area contributed by atoms with Crippen molar-refractivity contribution in [2.45, 2.75) is 13.3 Å². The number of pyridine rings is 1. The van der Waals surface area contributed by atoms with Gasteiger partial charge in [0.1, 0.15) is 22.6 Å². The smallest absolute Gasteiger partial charge is 0.144 e. The van der Waals surface area contributed by atoms with Gasteiger partial charge in [-0.05, 0) is 24.1 Å². The third-order valence-corrected chi connectivity index (χ3v) is 4.05. The second kappa shape index (κ2) is 4.87. The van der Waals surface area contributed by atoms with E-state index >= 15 is 0 Å². The lowest BCUT2D eigenvalue weighted by Crippen LogP contribution is -1.85. The molecule has 0 saturated carbocycles. The molecule has 5 heteroatoms. The van der Waals surface area contributed by atoms with Gasteiger partial charge >= 0.3 is 0 Å². The number of nitrogens with zero attached hydrogens (tertiary/aromatic N) is 2. The van der Waals surface area contributed by atoms with Gasteiger partial charge < -0.3 is 9.72 Å². The lowest BCUT2D eigenvalue weighted by molar-refractivity contribution is 0.419. The molecule has 3 heterocycles. The molecule has 2 N–H and O–H groups in total. The van der Waals surface area contributed by atoms with E-state index in [1.165, 1.54) is 5.56 Å². The fraction of sp³-hybridized carbons (Fsp3) is 0.176. The van der Waals surface area contributed by atoms with E-state index in [1.54, 1.807) is 7.11 Å². The number of aryl methyl sites for hydroxylation is 1. The zero-order chi connectivity index (χ0) is 15.1. The van der Waals surface area contributed by atoms with E-state index in [4.69, 9.17) is 4.74 Å². The molecule has 0 bridgehead atoms. The number of nitrogens with one attached hydrogen (secondary N) is 2. The van der Waals surface area contributed by atoms with Crippen molar-refractivity contribution < 1.29 is 4.74 Å². The summed E-state index contributed by atoms with van der Waals surface area (Å²) >= 11 is 0. The molecule has 0 aliphatic heterocycles. The van der Waals surface area contributed by atoms with Crippen LogP contribution >= 0.6 is 0 Å². The summed E-state index contributed by atoms with van der Waals surface area (Å²) in [4.78, 5) is 7.72. The fourth-order valence-corrected chi connectivity index (χ4v) is 2.89. The zero-order valence-electron chi connectivity index (χ0n) is 12.5. The Labute approximate surface area is 127 Å². The van der Waals surface area contributed by atoms with Crippen LogP contribution in [0.5, 0.6) is 5.75 Å². The Kier molecular flexibility index (Phi) is 2.85. The average molecular weight is 292 g/mol. The molecule has 4 aromatic rings. The Morgan fingerprint density at radius 3 is 2.95 bits per heavy atom. The van der Waals surface area contributed by atoms with Crippen LogP contribution in [0, 0.1) is 0 Å². The summed E-state index contributed by atoms with van der Waals surface area (Å²) < 4.78 is 5.38. The quantitative estimate of drug-likeness (QED) is 0.605. The van der Waals surface area contributed by atoms with E-state index in [0.29, 0.717) is 0 Å². The van der Waals surface area contributed by atoms with E-state index in [2.05, 4.69) is 33.2 Å². The first-order valence-electron chi connectivity index (χ1n) is 7.29. The minimum Gasteiger partial charge on any atom is -0.494 e. The summed E-state index contributed by atoms with van der Waals surface area (Å²) in [5.41, 5.74) is 4.98. The molecule has 0 aliphatic carbocycles. The van der Waals surface area contributed by atoms with Crippen LogP contribution in [0.1, 0.15) is 12.5 Å². The highest BCUT2D eigenvalue weighted by Gasteiger charge is 2.13. The lowest BCUT2D eigenvalue weighted by atomic mass is 10.1. The number of para-hydroxylation sites is 1. The van der Waals surface area contributed by atoms with E-state index in [9.17, 15) is 0 Å². The van der Waals surface area contributed by atoms with E-state index < -0.39 is 0 Å². The van der Waals surface area contributed by atoms with Crippen molar-refractivity contribution in [3.05, 3.63) is 42.2 Å². The fourth-order valence-electron chi connectivity index (χ4n) is 2.89. The van der Waals surface area contributed by atoms with Gasteiger partial charge in [-0.25, -0.2) is 4.98 Å². The minimum absolute atomic E-state index is 0.793. The van der Waals surface area contributed by atoms with Crippen molar-refractivity contribution in [2.24, 2.45) is 0 Å². The molecular weight excluding hydrogens is 276 g/mol. The highest BCUT2D eigenvalue weighted by molar-refractivity contribution is 5.97. The SMILES string of the molecule is CCc1c[nH]c2ncc(-c3n[nH]c4c(OC)cccc34)cc12. The largest absolute Gasteiger partial charge is 0.494 e. The average Bonchev–Trinajstić information content (AvgIpc) is 3.17. The van der Waals surface area contributed by atoms with Crippen molar-refractivity contribution >= 4 is 21.9 Å². The standard InChI is InChI=1S/C17H16N4O/c1-3-10-8-18-17-13(10)7-11(9-19-17)15-12-5-4-6-14(22-2)16(12)21-20-15/h4-9H,3H2,1-2H3,(H,18,19)(H,20,21).